The maximum Gasteiger partial charge on any atom is 0.320 e. The average molecular weight is 330 g/mol. The van der Waals surface area contributed by atoms with Gasteiger partial charge in [0.1, 0.15) is 11.8 Å². The summed E-state index contributed by atoms with van der Waals surface area (Å²) >= 11 is 0. The quantitative estimate of drug-likeness (QED) is 0.865. The summed E-state index contributed by atoms with van der Waals surface area (Å²) in [6.07, 6.45) is 2.88. The Labute approximate surface area is 141 Å². The second kappa shape index (κ2) is 6.90. The minimum absolute atomic E-state index is 0.0242. The maximum atomic E-state index is 12.4. The van der Waals surface area contributed by atoms with Crippen LogP contribution in [0.4, 0.5) is 4.79 Å². The Hall–Kier alpha value is -2.57. The van der Waals surface area contributed by atoms with E-state index in [9.17, 15) is 4.79 Å². The summed E-state index contributed by atoms with van der Waals surface area (Å²) < 4.78 is 10.6. The number of hydrogen-bond donors (Lipinski definition) is 0. The van der Waals surface area contributed by atoms with Crippen LogP contribution in [0.15, 0.2) is 28.8 Å². The molecule has 0 radical (unpaired) electrons. The second-order valence-corrected chi connectivity index (χ2v) is 6.07. The molecule has 1 aliphatic heterocycles. The number of benzene rings is 1. The first kappa shape index (κ1) is 16.3. The number of amides is 2. The third-order valence-corrected chi connectivity index (χ3v) is 4.21. The molecule has 0 bridgehead atoms. The Morgan fingerprint density at radius 1 is 1.29 bits per heavy atom. The molecule has 1 aromatic heterocycles. The normalized spacial score (nSPS) is 17.6. The van der Waals surface area contributed by atoms with Gasteiger partial charge in [-0.15, -0.1) is 0 Å². The summed E-state index contributed by atoms with van der Waals surface area (Å²) in [5, 5.41) is 4.08. The zero-order valence-corrected chi connectivity index (χ0v) is 14.2. The van der Waals surface area contributed by atoms with Crippen molar-refractivity contribution in [3.05, 3.63) is 30.2 Å². The number of carbonyl (C=O) groups is 1. The third-order valence-electron chi connectivity index (χ3n) is 4.21. The number of methoxy groups -OCH3 is 1. The van der Waals surface area contributed by atoms with Gasteiger partial charge < -0.3 is 19.1 Å². The minimum Gasteiger partial charge on any atom is -0.497 e. The van der Waals surface area contributed by atoms with E-state index in [0.717, 1.165) is 30.6 Å². The van der Waals surface area contributed by atoms with Crippen LogP contribution in [0, 0.1) is 0 Å². The van der Waals surface area contributed by atoms with Crippen molar-refractivity contribution in [3.63, 3.8) is 0 Å². The number of rotatable bonds is 3. The minimum atomic E-state index is -0.159. The Morgan fingerprint density at radius 2 is 2.04 bits per heavy atom. The molecule has 1 aliphatic rings. The molecule has 0 aliphatic carbocycles. The van der Waals surface area contributed by atoms with E-state index in [1.165, 1.54) is 0 Å². The molecule has 0 spiro atoms. The number of aromatic nitrogens is 2. The number of likely N-dealkylation sites (tertiary alicyclic amines) is 1. The highest BCUT2D eigenvalue weighted by Gasteiger charge is 2.33. The maximum absolute atomic E-state index is 12.4. The second-order valence-electron chi connectivity index (χ2n) is 6.07. The Balaban J connectivity index is 1.83. The van der Waals surface area contributed by atoms with Crippen molar-refractivity contribution >= 4 is 6.03 Å². The molecule has 7 heteroatoms. The van der Waals surface area contributed by atoms with E-state index >= 15 is 0 Å². The number of piperidine rings is 1. The smallest absolute Gasteiger partial charge is 0.320 e. The van der Waals surface area contributed by atoms with Gasteiger partial charge in [0.25, 0.3) is 0 Å². The van der Waals surface area contributed by atoms with Gasteiger partial charge in [-0.3, -0.25) is 0 Å². The van der Waals surface area contributed by atoms with E-state index in [2.05, 4.69) is 10.1 Å². The summed E-state index contributed by atoms with van der Waals surface area (Å²) in [4.78, 5) is 20.3. The van der Waals surface area contributed by atoms with Gasteiger partial charge in [0.05, 0.1) is 7.11 Å². The fourth-order valence-corrected chi connectivity index (χ4v) is 2.90. The zero-order valence-electron chi connectivity index (χ0n) is 14.2. The lowest BCUT2D eigenvalue weighted by atomic mass is 10.0. The van der Waals surface area contributed by atoms with E-state index < -0.39 is 0 Å². The summed E-state index contributed by atoms with van der Waals surface area (Å²) in [5.74, 6) is 1.80. The van der Waals surface area contributed by atoms with Crippen molar-refractivity contribution in [1.82, 2.24) is 19.9 Å². The highest BCUT2D eigenvalue weighted by atomic mass is 16.5. The average Bonchev–Trinajstić information content (AvgIpc) is 3.11. The van der Waals surface area contributed by atoms with Crippen LogP contribution in [0.25, 0.3) is 11.4 Å². The van der Waals surface area contributed by atoms with Crippen LogP contribution in [-0.2, 0) is 0 Å². The van der Waals surface area contributed by atoms with Gasteiger partial charge in [-0.1, -0.05) is 5.16 Å². The highest BCUT2D eigenvalue weighted by Crippen LogP contribution is 2.31. The third kappa shape index (κ3) is 3.20. The molecular weight excluding hydrogens is 308 g/mol. The van der Waals surface area contributed by atoms with Gasteiger partial charge in [0.15, 0.2) is 0 Å². The van der Waals surface area contributed by atoms with Crippen LogP contribution >= 0.6 is 0 Å². The van der Waals surface area contributed by atoms with Crippen molar-refractivity contribution in [2.75, 3.05) is 27.7 Å². The molecular formula is C17H22N4O3. The molecule has 7 nitrogen and oxygen atoms in total. The predicted molar refractivity (Wildman–Crippen MR) is 88.7 cm³/mol. The molecule has 0 saturated carbocycles. The van der Waals surface area contributed by atoms with Crippen LogP contribution < -0.4 is 4.74 Å². The fraction of sp³-hybridized carbons (Fsp3) is 0.471. The summed E-state index contributed by atoms with van der Waals surface area (Å²) in [6.45, 7) is 0.710. The Kier molecular flexibility index (Phi) is 4.69. The molecule has 2 amide bonds. The molecule has 1 atom stereocenters. The van der Waals surface area contributed by atoms with Crippen LogP contribution in [0.5, 0.6) is 5.75 Å². The van der Waals surface area contributed by atoms with Crippen LogP contribution in [0.2, 0.25) is 0 Å². The Morgan fingerprint density at radius 3 is 2.71 bits per heavy atom. The molecule has 1 fully saturated rings. The summed E-state index contributed by atoms with van der Waals surface area (Å²) in [6, 6.07) is 7.30. The van der Waals surface area contributed by atoms with Gasteiger partial charge in [0, 0.05) is 26.2 Å². The first-order valence-electron chi connectivity index (χ1n) is 8.06. The molecule has 128 valence electrons. The van der Waals surface area contributed by atoms with Gasteiger partial charge in [0.2, 0.25) is 11.7 Å². The molecule has 3 rings (SSSR count). The first-order valence-corrected chi connectivity index (χ1v) is 8.06. The molecule has 1 unspecified atom stereocenters. The van der Waals surface area contributed by atoms with Gasteiger partial charge in [-0.05, 0) is 43.5 Å². The van der Waals surface area contributed by atoms with E-state index in [-0.39, 0.29) is 12.1 Å². The highest BCUT2D eigenvalue weighted by molar-refractivity contribution is 5.74. The van der Waals surface area contributed by atoms with Crippen molar-refractivity contribution in [2.45, 2.75) is 25.3 Å². The SMILES string of the molecule is COc1ccc(-c2noc(C3CCCCN3C(=O)N(C)C)n2)cc1. The van der Waals surface area contributed by atoms with E-state index in [4.69, 9.17) is 9.26 Å². The number of nitrogens with zero attached hydrogens (tertiary/aromatic N) is 4. The summed E-state index contributed by atoms with van der Waals surface area (Å²) in [5.41, 5.74) is 0.854. The first-order chi connectivity index (χ1) is 11.6. The van der Waals surface area contributed by atoms with E-state index in [0.29, 0.717) is 18.3 Å². The predicted octanol–water partition coefficient (Wildman–Crippen LogP) is 2.95. The van der Waals surface area contributed by atoms with Crippen LogP contribution in [0.1, 0.15) is 31.2 Å². The number of urea groups is 1. The molecule has 24 heavy (non-hydrogen) atoms. The zero-order chi connectivity index (χ0) is 17.1. The summed E-state index contributed by atoms with van der Waals surface area (Å²) in [7, 11) is 5.14. The molecule has 0 N–H and O–H groups in total. The molecule has 1 saturated heterocycles. The van der Waals surface area contributed by atoms with Crippen LogP contribution in [-0.4, -0.2) is 53.7 Å². The number of carbonyl (C=O) groups excluding carboxylic acids is 1. The lowest BCUT2D eigenvalue weighted by molar-refractivity contribution is 0.113. The lowest BCUT2D eigenvalue weighted by Crippen LogP contribution is -2.44. The van der Waals surface area contributed by atoms with Crippen molar-refractivity contribution in [1.29, 1.82) is 0 Å². The van der Waals surface area contributed by atoms with Crippen molar-refractivity contribution < 1.29 is 14.1 Å². The van der Waals surface area contributed by atoms with Crippen LogP contribution in [0.3, 0.4) is 0 Å². The number of ether oxygens (including phenoxy) is 1. The fourth-order valence-electron chi connectivity index (χ4n) is 2.90. The van der Waals surface area contributed by atoms with Gasteiger partial charge in [-0.25, -0.2) is 4.79 Å². The van der Waals surface area contributed by atoms with Gasteiger partial charge in [-0.2, -0.15) is 4.98 Å². The molecule has 1 aromatic carbocycles. The molecule has 2 heterocycles. The standard InChI is InChI=1S/C17H22N4O3/c1-20(2)17(22)21-11-5-4-6-14(21)16-18-15(19-24-16)12-7-9-13(23-3)10-8-12/h7-10,14H,4-6,11H2,1-3H3. The monoisotopic (exact) mass is 330 g/mol. The topological polar surface area (TPSA) is 71.7 Å². The largest absolute Gasteiger partial charge is 0.497 e. The van der Waals surface area contributed by atoms with Crippen molar-refractivity contribution in [2.24, 2.45) is 0 Å². The van der Waals surface area contributed by atoms with Gasteiger partial charge >= 0.3 is 6.03 Å². The number of hydrogen-bond acceptors (Lipinski definition) is 5. The lowest BCUT2D eigenvalue weighted by Gasteiger charge is -2.35. The Bertz CT molecular complexity index is 696. The molecule has 2 aromatic rings. The van der Waals surface area contributed by atoms with E-state index in [1.807, 2.05) is 29.2 Å². The van der Waals surface area contributed by atoms with E-state index in [1.54, 1.807) is 26.1 Å². The van der Waals surface area contributed by atoms with Crippen molar-refractivity contribution in [3.8, 4) is 17.1 Å².